The Morgan fingerprint density at radius 3 is 1.89 bits per heavy atom. The van der Waals surface area contributed by atoms with Gasteiger partial charge in [-0.15, -0.1) is 6.42 Å². The van der Waals surface area contributed by atoms with Crippen molar-refractivity contribution in [2.75, 3.05) is 19.8 Å². The Morgan fingerprint density at radius 2 is 1.41 bits per heavy atom. The lowest BCUT2D eigenvalue weighted by atomic mass is 10.2. The lowest BCUT2D eigenvalue weighted by molar-refractivity contribution is 0.204. The average Bonchev–Trinajstić information content (AvgIpc) is 2.67. The fourth-order valence-corrected chi connectivity index (χ4v) is 7.88. The molecule has 0 amide bonds. The smallest absolute Gasteiger partial charge is 0.261 e. The SMILES string of the molecule is C#CCOCC#CCCO[Si](c1ccccc1)(c1ccccc1)C(C)(C)C. The van der Waals surface area contributed by atoms with Crippen LogP contribution in [0.15, 0.2) is 60.7 Å². The van der Waals surface area contributed by atoms with E-state index in [1.54, 1.807) is 0 Å². The lowest BCUT2D eigenvalue weighted by Gasteiger charge is -2.43. The van der Waals surface area contributed by atoms with Crippen molar-refractivity contribution in [1.82, 2.24) is 0 Å². The number of hydrogen-bond donors (Lipinski definition) is 0. The minimum Gasteiger partial charge on any atom is -0.406 e. The van der Waals surface area contributed by atoms with Crippen LogP contribution in [0.2, 0.25) is 5.04 Å². The Hall–Kier alpha value is -2.30. The molecule has 0 aromatic heterocycles. The molecule has 0 unspecified atom stereocenters. The van der Waals surface area contributed by atoms with E-state index in [1.807, 2.05) is 0 Å². The molecular formula is C24H28O2Si. The van der Waals surface area contributed by atoms with Gasteiger partial charge in [-0.3, -0.25) is 0 Å². The summed E-state index contributed by atoms with van der Waals surface area (Å²) in [5.74, 6) is 8.55. The summed E-state index contributed by atoms with van der Waals surface area (Å²) in [5.41, 5.74) is 0. The largest absolute Gasteiger partial charge is 0.406 e. The molecule has 0 spiro atoms. The van der Waals surface area contributed by atoms with Gasteiger partial charge in [-0.25, -0.2) is 0 Å². The predicted octanol–water partition coefficient (Wildman–Crippen LogP) is 3.61. The summed E-state index contributed by atoms with van der Waals surface area (Å²) in [6, 6.07) is 21.3. The topological polar surface area (TPSA) is 18.5 Å². The van der Waals surface area contributed by atoms with E-state index in [0.29, 0.717) is 26.2 Å². The van der Waals surface area contributed by atoms with Crippen molar-refractivity contribution in [2.24, 2.45) is 0 Å². The maximum Gasteiger partial charge on any atom is 0.261 e. The van der Waals surface area contributed by atoms with Crippen LogP contribution < -0.4 is 10.4 Å². The van der Waals surface area contributed by atoms with Crippen LogP contribution in [0.25, 0.3) is 0 Å². The second-order valence-corrected chi connectivity index (χ2v) is 11.6. The molecule has 0 atom stereocenters. The van der Waals surface area contributed by atoms with Gasteiger partial charge in [0, 0.05) is 13.0 Å². The van der Waals surface area contributed by atoms with Crippen molar-refractivity contribution in [1.29, 1.82) is 0 Å². The van der Waals surface area contributed by atoms with Crippen molar-refractivity contribution in [3.63, 3.8) is 0 Å². The van der Waals surface area contributed by atoms with Gasteiger partial charge in [0.15, 0.2) is 0 Å². The van der Waals surface area contributed by atoms with Gasteiger partial charge in [-0.05, 0) is 15.4 Å². The molecule has 0 aliphatic carbocycles. The summed E-state index contributed by atoms with van der Waals surface area (Å²) in [6.45, 7) is 8.09. The van der Waals surface area contributed by atoms with E-state index in [-0.39, 0.29) is 5.04 Å². The average molecular weight is 377 g/mol. The molecule has 140 valence electrons. The molecule has 3 heteroatoms. The van der Waals surface area contributed by atoms with Gasteiger partial charge in [0.2, 0.25) is 0 Å². The van der Waals surface area contributed by atoms with Crippen molar-refractivity contribution in [3.8, 4) is 24.2 Å². The third kappa shape index (κ3) is 5.34. The van der Waals surface area contributed by atoms with Gasteiger partial charge in [0.1, 0.15) is 13.2 Å². The van der Waals surface area contributed by atoms with Gasteiger partial charge in [-0.2, -0.15) is 0 Å². The molecule has 0 radical (unpaired) electrons. The van der Waals surface area contributed by atoms with Gasteiger partial charge >= 0.3 is 0 Å². The predicted molar refractivity (Wildman–Crippen MR) is 116 cm³/mol. The normalized spacial score (nSPS) is 11.3. The number of hydrogen-bond acceptors (Lipinski definition) is 2. The zero-order chi connectivity index (χ0) is 19.6. The van der Waals surface area contributed by atoms with E-state index in [1.165, 1.54) is 10.4 Å². The van der Waals surface area contributed by atoms with E-state index in [2.05, 4.69) is 99.2 Å². The maximum absolute atomic E-state index is 6.76. The van der Waals surface area contributed by atoms with Crippen molar-refractivity contribution in [3.05, 3.63) is 60.7 Å². The summed E-state index contributed by atoms with van der Waals surface area (Å²) < 4.78 is 11.9. The summed E-state index contributed by atoms with van der Waals surface area (Å²) in [7, 11) is -2.46. The number of terminal acetylenes is 1. The molecule has 2 rings (SSSR count). The molecule has 0 aliphatic heterocycles. The fourth-order valence-electron chi connectivity index (χ4n) is 3.32. The highest BCUT2D eigenvalue weighted by atomic mass is 28.4. The van der Waals surface area contributed by atoms with Crippen LogP contribution >= 0.6 is 0 Å². The summed E-state index contributed by atoms with van der Waals surface area (Å²) >= 11 is 0. The zero-order valence-corrected chi connectivity index (χ0v) is 17.5. The van der Waals surface area contributed by atoms with Crippen LogP contribution in [0.1, 0.15) is 27.2 Å². The second-order valence-electron chi connectivity index (χ2n) is 7.31. The second kappa shape index (κ2) is 10.1. The summed E-state index contributed by atoms with van der Waals surface area (Å²) in [6.07, 6.45) is 5.82. The highest BCUT2D eigenvalue weighted by Crippen LogP contribution is 2.36. The fraction of sp³-hybridized carbons (Fsp3) is 0.333. The van der Waals surface area contributed by atoms with Gasteiger partial charge in [0.05, 0.1) is 0 Å². The molecule has 27 heavy (non-hydrogen) atoms. The molecule has 2 nitrogen and oxygen atoms in total. The van der Waals surface area contributed by atoms with Crippen LogP contribution in [0.3, 0.4) is 0 Å². The van der Waals surface area contributed by atoms with Gasteiger partial charge in [-0.1, -0.05) is 99.2 Å². The van der Waals surface area contributed by atoms with Crippen LogP contribution in [-0.2, 0) is 9.16 Å². The number of benzene rings is 2. The zero-order valence-electron chi connectivity index (χ0n) is 16.5. The maximum atomic E-state index is 6.76. The molecule has 0 aliphatic rings. The Bertz CT molecular complexity index is 750. The molecule has 2 aromatic carbocycles. The Morgan fingerprint density at radius 1 is 0.852 bits per heavy atom. The molecule has 0 saturated carbocycles. The molecule has 0 fully saturated rings. The molecule has 0 saturated heterocycles. The minimum atomic E-state index is -2.46. The first kappa shape index (κ1) is 21.0. The van der Waals surface area contributed by atoms with E-state index in [0.717, 1.165) is 0 Å². The number of rotatable bonds is 7. The third-order valence-electron chi connectivity index (χ3n) is 4.45. The van der Waals surface area contributed by atoms with Crippen LogP contribution in [0, 0.1) is 24.2 Å². The Balaban J connectivity index is 2.26. The molecule has 0 heterocycles. The van der Waals surface area contributed by atoms with E-state index < -0.39 is 8.32 Å². The van der Waals surface area contributed by atoms with E-state index in [4.69, 9.17) is 15.6 Å². The Kier molecular flexibility index (Phi) is 7.89. The first-order valence-corrected chi connectivity index (χ1v) is 11.1. The van der Waals surface area contributed by atoms with Crippen molar-refractivity contribution >= 4 is 18.7 Å². The third-order valence-corrected chi connectivity index (χ3v) is 9.49. The van der Waals surface area contributed by atoms with E-state index >= 15 is 0 Å². The highest BCUT2D eigenvalue weighted by Gasteiger charge is 2.49. The first-order valence-electron chi connectivity index (χ1n) is 9.24. The first-order chi connectivity index (χ1) is 13.0. The van der Waals surface area contributed by atoms with Crippen molar-refractivity contribution in [2.45, 2.75) is 32.2 Å². The van der Waals surface area contributed by atoms with Crippen LogP contribution in [0.5, 0.6) is 0 Å². The lowest BCUT2D eigenvalue weighted by Crippen LogP contribution is -2.66. The van der Waals surface area contributed by atoms with Crippen molar-refractivity contribution < 1.29 is 9.16 Å². The van der Waals surface area contributed by atoms with Crippen LogP contribution in [-0.4, -0.2) is 28.1 Å². The molecule has 0 N–H and O–H groups in total. The summed E-state index contributed by atoms with van der Waals surface area (Å²) in [4.78, 5) is 0. The molecular weight excluding hydrogens is 348 g/mol. The minimum absolute atomic E-state index is 0.0148. The highest BCUT2D eigenvalue weighted by molar-refractivity contribution is 6.99. The Labute approximate surface area is 165 Å². The quantitative estimate of drug-likeness (QED) is 0.418. The van der Waals surface area contributed by atoms with Crippen LogP contribution in [0.4, 0.5) is 0 Å². The van der Waals surface area contributed by atoms with Gasteiger partial charge in [0.25, 0.3) is 8.32 Å². The van der Waals surface area contributed by atoms with Gasteiger partial charge < -0.3 is 9.16 Å². The monoisotopic (exact) mass is 376 g/mol. The number of ether oxygens (including phenoxy) is 1. The summed E-state index contributed by atoms with van der Waals surface area (Å²) in [5, 5.41) is 2.56. The molecule has 2 aromatic rings. The molecule has 0 bridgehead atoms. The van der Waals surface area contributed by atoms with E-state index in [9.17, 15) is 0 Å². The standard InChI is InChI=1S/C24H28O2Si/c1-5-19-25-20-13-8-14-21-26-27(24(2,3)4,22-15-9-6-10-16-22)23-17-11-7-12-18-23/h1,6-7,9-12,15-18H,14,19-21H2,2-4H3.